The summed E-state index contributed by atoms with van der Waals surface area (Å²) in [6.07, 6.45) is 1.20. The van der Waals surface area contributed by atoms with Crippen LogP contribution in [0.25, 0.3) is 0 Å². The molecule has 0 aliphatic heterocycles. The normalized spacial score (nSPS) is 12.2. The number of ether oxygens (including phenoxy) is 1. The van der Waals surface area contributed by atoms with Gasteiger partial charge in [-0.3, -0.25) is 10.1 Å². The van der Waals surface area contributed by atoms with Gasteiger partial charge in [0.2, 0.25) is 11.6 Å². The molecule has 17 heavy (non-hydrogen) atoms. The van der Waals surface area contributed by atoms with E-state index >= 15 is 0 Å². The highest BCUT2D eigenvalue weighted by molar-refractivity contribution is 5.68. The number of methoxy groups -OCH3 is 1. The van der Waals surface area contributed by atoms with E-state index in [0.717, 1.165) is 0 Å². The molecule has 0 amide bonds. The summed E-state index contributed by atoms with van der Waals surface area (Å²) in [6.45, 7) is 2.29. The van der Waals surface area contributed by atoms with E-state index in [4.69, 9.17) is 10.5 Å². The molecule has 1 atom stereocenters. The van der Waals surface area contributed by atoms with Crippen molar-refractivity contribution in [2.24, 2.45) is 0 Å². The summed E-state index contributed by atoms with van der Waals surface area (Å²) in [5, 5.41) is 10.9. The molecule has 1 aromatic heterocycles. The zero-order valence-corrected chi connectivity index (χ0v) is 9.95. The van der Waals surface area contributed by atoms with Gasteiger partial charge in [0.15, 0.2) is 0 Å². The third kappa shape index (κ3) is 2.78. The van der Waals surface area contributed by atoms with E-state index in [9.17, 15) is 10.1 Å². The maximum absolute atomic E-state index is 10.9. The SMILES string of the molecule is COCC(C)N(C)c1ncnc(N)c1[N+](=O)[O-]. The molecule has 1 heterocycles. The average Bonchev–Trinajstić information content (AvgIpc) is 2.27. The highest BCUT2D eigenvalue weighted by atomic mass is 16.6. The van der Waals surface area contributed by atoms with Crippen LogP contribution in [0.4, 0.5) is 17.3 Å². The quantitative estimate of drug-likeness (QED) is 0.588. The second kappa shape index (κ2) is 5.39. The van der Waals surface area contributed by atoms with Crippen LogP contribution < -0.4 is 10.6 Å². The number of hydrogen-bond acceptors (Lipinski definition) is 7. The lowest BCUT2D eigenvalue weighted by atomic mass is 10.3. The Bertz CT molecular complexity index is 412. The first-order chi connectivity index (χ1) is 7.99. The molecule has 0 aliphatic rings. The van der Waals surface area contributed by atoms with Gasteiger partial charge in [0, 0.05) is 14.2 Å². The average molecular weight is 241 g/mol. The third-order valence-electron chi connectivity index (χ3n) is 2.42. The summed E-state index contributed by atoms with van der Waals surface area (Å²) < 4.78 is 4.99. The Morgan fingerprint density at radius 2 is 2.29 bits per heavy atom. The molecule has 0 spiro atoms. The van der Waals surface area contributed by atoms with Crippen molar-refractivity contribution >= 4 is 17.3 Å². The molecule has 1 unspecified atom stereocenters. The molecule has 1 aromatic rings. The number of likely N-dealkylation sites (N-methyl/N-ethyl adjacent to an activating group) is 1. The topological polar surface area (TPSA) is 107 Å². The lowest BCUT2D eigenvalue weighted by molar-refractivity contribution is -0.383. The van der Waals surface area contributed by atoms with Crippen molar-refractivity contribution in [2.75, 3.05) is 31.4 Å². The van der Waals surface area contributed by atoms with Crippen LogP contribution in [-0.4, -0.2) is 41.7 Å². The predicted octanol–water partition coefficient (Wildman–Crippen LogP) is 0.438. The number of aromatic nitrogens is 2. The standard InChI is InChI=1S/C9H15N5O3/c1-6(4-17-3)13(2)9-7(14(15)16)8(10)11-5-12-9/h5-6H,4H2,1-3H3,(H2,10,11,12). The number of nitrogen functional groups attached to an aromatic ring is 1. The van der Waals surface area contributed by atoms with Crippen molar-refractivity contribution in [1.82, 2.24) is 9.97 Å². The van der Waals surface area contributed by atoms with E-state index in [1.807, 2.05) is 6.92 Å². The monoisotopic (exact) mass is 241 g/mol. The Labute approximate surface area is 98.6 Å². The Morgan fingerprint density at radius 1 is 1.65 bits per heavy atom. The van der Waals surface area contributed by atoms with E-state index in [2.05, 4.69) is 9.97 Å². The van der Waals surface area contributed by atoms with Crippen molar-refractivity contribution in [3.8, 4) is 0 Å². The first-order valence-electron chi connectivity index (χ1n) is 4.95. The molecule has 8 nitrogen and oxygen atoms in total. The third-order valence-corrected chi connectivity index (χ3v) is 2.42. The maximum atomic E-state index is 10.9. The van der Waals surface area contributed by atoms with Crippen LogP contribution in [-0.2, 0) is 4.74 Å². The molecular weight excluding hydrogens is 226 g/mol. The number of anilines is 2. The van der Waals surface area contributed by atoms with E-state index in [-0.39, 0.29) is 23.4 Å². The second-order valence-corrected chi connectivity index (χ2v) is 3.60. The summed E-state index contributed by atoms with van der Waals surface area (Å²) in [5.41, 5.74) is 5.20. The fourth-order valence-electron chi connectivity index (χ4n) is 1.38. The largest absolute Gasteiger partial charge is 0.383 e. The van der Waals surface area contributed by atoms with Gasteiger partial charge < -0.3 is 15.4 Å². The van der Waals surface area contributed by atoms with Gasteiger partial charge in [-0.25, -0.2) is 9.97 Å². The zero-order valence-electron chi connectivity index (χ0n) is 9.95. The highest BCUT2D eigenvalue weighted by Gasteiger charge is 2.25. The van der Waals surface area contributed by atoms with Crippen LogP contribution in [0.1, 0.15) is 6.92 Å². The minimum atomic E-state index is -0.583. The molecular formula is C9H15N5O3. The Hall–Kier alpha value is -1.96. The van der Waals surface area contributed by atoms with Gasteiger partial charge in [-0.15, -0.1) is 0 Å². The first kappa shape index (κ1) is 13.1. The maximum Gasteiger partial charge on any atom is 0.353 e. The van der Waals surface area contributed by atoms with Gasteiger partial charge in [0.05, 0.1) is 17.6 Å². The minimum absolute atomic E-state index is 0.0620. The molecule has 0 aromatic carbocycles. The summed E-state index contributed by atoms with van der Waals surface area (Å²) in [4.78, 5) is 19.5. The summed E-state index contributed by atoms with van der Waals surface area (Å²) in [7, 11) is 3.26. The predicted molar refractivity (Wildman–Crippen MR) is 62.8 cm³/mol. The van der Waals surface area contributed by atoms with E-state index in [1.54, 1.807) is 19.1 Å². The first-order valence-corrected chi connectivity index (χ1v) is 4.95. The molecule has 8 heteroatoms. The smallest absolute Gasteiger partial charge is 0.353 e. The van der Waals surface area contributed by atoms with Crippen molar-refractivity contribution in [2.45, 2.75) is 13.0 Å². The molecule has 2 N–H and O–H groups in total. The highest BCUT2D eigenvalue weighted by Crippen LogP contribution is 2.29. The van der Waals surface area contributed by atoms with Gasteiger partial charge in [-0.05, 0) is 6.92 Å². The molecule has 0 saturated carbocycles. The van der Waals surface area contributed by atoms with Crippen LogP contribution in [0.3, 0.4) is 0 Å². The molecule has 94 valence electrons. The molecule has 0 aliphatic carbocycles. The van der Waals surface area contributed by atoms with Crippen molar-refractivity contribution in [3.05, 3.63) is 16.4 Å². The van der Waals surface area contributed by atoms with Crippen LogP contribution in [0.2, 0.25) is 0 Å². The molecule has 0 saturated heterocycles. The van der Waals surface area contributed by atoms with Gasteiger partial charge in [-0.2, -0.15) is 0 Å². The molecule has 0 fully saturated rings. The summed E-state index contributed by atoms with van der Waals surface area (Å²) in [5.74, 6) is 0.0449. The number of nitrogens with two attached hydrogens (primary N) is 1. The van der Waals surface area contributed by atoms with Crippen LogP contribution in [0.5, 0.6) is 0 Å². The van der Waals surface area contributed by atoms with Gasteiger partial charge >= 0.3 is 5.69 Å². The van der Waals surface area contributed by atoms with Gasteiger partial charge in [0.25, 0.3) is 0 Å². The summed E-state index contributed by atoms with van der Waals surface area (Å²) >= 11 is 0. The number of hydrogen-bond donors (Lipinski definition) is 1. The van der Waals surface area contributed by atoms with Crippen molar-refractivity contribution in [1.29, 1.82) is 0 Å². The number of nitrogens with zero attached hydrogens (tertiary/aromatic N) is 4. The lowest BCUT2D eigenvalue weighted by Crippen LogP contribution is -2.33. The van der Waals surface area contributed by atoms with Gasteiger partial charge in [0.1, 0.15) is 6.33 Å². The Kier molecular flexibility index (Phi) is 4.16. The fourth-order valence-corrected chi connectivity index (χ4v) is 1.38. The molecule has 0 bridgehead atoms. The van der Waals surface area contributed by atoms with Gasteiger partial charge in [-0.1, -0.05) is 0 Å². The second-order valence-electron chi connectivity index (χ2n) is 3.60. The summed E-state index contributed by atoms with van der Waals surface area (Å²) in [6, 6.07) is -0.0620. The lowest BCUT2D eigenvalue weighted by Gasteiger charge is -2.24. The fraction of sp³-hybridized carbons (Fsp3) is 0.556. The molecule has 0 radical (unpaired) electrons. The Morgan fingerprint density at radius 3 is 2.82 bits per heavy atom. The number of nitro groups is 1. The van der Waals surface area contributed by atoms with E-state index in [0.29, 0.717) is 6.61 Å². The van der Waals surface area contributed by atoms with Crippen molar-refractivity contribution < 1.29 is 9.66 Å². The van der Waals surface area contributed by atoms with Crippen LogP contribution >= 0.6 is 0 Å². The van der Waals surface area contributed by atoms with Crippen LogP contribution in [0.15, 0.2) is 6.33 Å². The van der Waals surface area contributed by atoms with E-state index in [1.165, 1.54) is 6.33 Å². The Balaban J connectivity index is 3.13. The minimum Gasteiger partial charge on any atom is -0.383 e. The van der Waals surface area contributed by atoms with Crippen molar-refractivity contribution in [3.63, 3.8) is 0 Å². The van der Waals surface area contributed by atoms with E-state index < -0.39 is 4.92 Å². The number of rotatable bonds is 5. The molecule has 1 rings (SSSR count). The zero-order chi connectivity index (χ0) is 13.0. The van der Waals surface area contributed by atoms with Crippen LogP contribution in [0, 0.1) is 10.1 Å².